The zero-order chi connectivity index (χ0) is 14.8. The molecule has 1 saturated carbocycles. The molecule has 2 nitrogen and oxygen atoms in total. The summed E-state index contributed by atoms with van der Waals surface area (Å²) >= 11 is 0. The van der Waals surface area contributed by atoms with Crippen molar-refractivity contribution in [1.82, 2.24) is 5.32 Å². The van der Waals surface area contributed by atoms with E-state index in [1.165, 1.54) is 64.3 Å². The minimum atomic E-state index is 0.316. The second-order valence-electron chi connectivity index (χ2n) is 6.98. The van der Waals surface area contributed by atoms with Crippen LogP contribution in [0.15, 0.2) is 0 Å². The molecule has 0 heterocycles. The molecular formula is C18H37NO. The van der Waals surface area contributed by atoms with Crippen LogP contribution in [-0.2, 0) is 4.74 Å². The molecule has 0 aromatic heterocycles. The van der Waals surface area contributed by atoms with Crippen LogP contribution in [0.5, 0.6) is 0 Å². The van der Waals surface area contributed by atoms with E-state index in [1.54, 1.807) is 0 Å². The standard InChI is InChI=1S/C18H37NO/c1-5-7-8-9-10-11-12-13-14-19-16-15-17(20-6-2)18(16,3)4/h16-17,19H,5-15H2,1-4H3. The third-order valence-electron chi connectivity index (χ3n) is 4.97. The summed E-state index contributed by atoms with van der Waals surface area (Å²) in [6, 6.07) is 0.656. The Morgan fingerprint density at radius 1 is 0.950 bits per heavy atom. The van der Waals surface area contributed by atoms with Crippen LogP contribution in [-0.4, -0.2) is 25.3 Å². The fraction of sp³-hybridized carbons (Fsp3) is 1.00. The lowest BCUT2D eigenvalue weighted by Gasteiger charge is -2.52. The van der Waals surface area contributed by atoms with E-state index < -0.39 is 0 Å². The normalized spacial score (nSPS) is 24.6. The van der Waals surface area contributed by atoms with E-state index in [9.17, 15) is 0 Å². The smallest absolute Gasteiger partial charge is 0.0655 e. The van der Waals surface area contributed by atoms with Crippen LogP contribution in [0.1, 0.15) is 85.5 Å². The minimum Gasteiger partial charge on any atom is -0.378 e. The molecule has 2 atom stereocenters. The van der Waals surface area contributed by atoms with Crippen molar-refractivity contribution in [1.29, 1.82) is 0 Å². The second-order valence-corrected chi connectivity index (χ2v) is 6.98. The molecule has 1 aliphatic rings. The molecule has 120 valence electrons. The Morgan fingerprint density at radius 2 is 1.55 bits per heavy atom. The van der Waals surface area contributed by atoms with Crippen molar-refractivity contribution in [3.8, 4) is 0 Å². The molecule has 20 heavy (non-hydrogen) atoms. The Balaban J connectivity index is 1.92. The molecule has 0 radical (unpaired) electrons. The van der Waals surface area contributed by atoms with Crippen molar-refractivity contribution in [2.24, 2.45) is 5.41 Å². The van der Waals surface area contributed by atoms with Gasteiger partial charge in [-0.1, -0.05) is 65.7 Å². The first kappa shape index (κ1) is 18.0. The van der Waals surface area contributed by atoms with Crippen LogP contribution >= 0.6 is 0 Å². The molecule has 1 fully saturated rings. The lowest BCUT2D eigenvalue weighted by Crippen LogP contribution is -2.61. The Bertz CT molecular complexity index is 240. The molecule has 1 aliphatic carbocycles. The molecule has 2 heteroatoms. The van der Waals surface area contributed by atoms with Gasteiger partial charge >= 0.3 is 0 Å². The van der Waals surface area contributed by atoms with Gasteiger partial charge in [-0.05, 0) is 26.3 Å². The van der Waals surface area contributed by atoms with Gasteiger partial charge in [0, 0.05) is 18.1 Å². The van der Waals surface area contributed by atoms with Gasteiger partial charge in [0.2, 0.25) is 0 Å². The van der Waals surface area contributed by atoms with Gasteiger partial charge in [0.15, 0.2) is 0 Å². The highest BCUT2D eigenvalue weighted by Gasteiger charge is 2.48. The summed E-state index contributed by atoms with van der Waals surface area (Å²) in [5, 5.41) is 3.73. The Hall–Kier alpha value is -0.0800. The number of rotatable bonds is 12. The summed E-state index contributed by atoms with van der Waals surface area (Å²) < 4.78 is 5.77. The SMILES string of the molecule is CCCCCCCCCCNC1CC(OCC)C1(C)C. The predicted molar refractivity (Wildman–Crippen MR) is 88.2 cm³/mol. The second kappa shape index (κ2) is 9.78. The average Bonchev–Trinajstić information content (AvgIpc) is 2.43. The summed E-state index contributed by atoms with van der Waals surface area (Å²) in [7, 11) is 0. The Morgan fingerprint density at radius 3 is 2.10 bits per heavy atom. The lowest BCUT2D eigenvalue weighted by atomic mass is 9.64. The number of hydrogen-bond donors (Lipinski definition) is 1. The number of unbranched alkanes of at least 4 members (excludes halogenated alkanes) is 7. The molecule has 0 aromatic rings. The Kier molecular flexibility index (Phi) is 8.79. The van der Waals surface area contributed by atoms with Crippen molar-refractivity contribution in [3.05, 3.63) is 0 Å². The molecule has 1 N–H and O–H groups in total. The molecule has 0 aliphatic heterocycles. The van der Waals surface area contributed by atoms with E-state index in [2.05, 4.69) is 33.0 Å². The van der Waals surface area contributed by atoms with Gasteiger partial charge in [-0.15, -0.1) is 0 Å². The van der Waals surface area contributed by atoms with Crippen LogP contribution < -0.4 is 5.32 Å². The van der Waals surface area contributed by atoms with Crippen molar-refractivity contribution >= 4 is 0 Å². The summed E-state index contributed by atoms with van der Waals surface area (Å²) in [6.07, 6.45) is 12.9. The van der Waals surface area contributed by atoms with Crippen LogP contribution in [0.4, 0.5) is 0 Å². The predicted octanol–water partition coefficient (Wildman–Crippen LogP) is 4.92. The van der Waals surface area contributed by atoms with Gasteiger partial charge in [0.05, 0.1) is 6.10 Å². The molecule has 0 bridgehead atoms. The van der Waals surface area contributed by atoms with E-state index >= 15 is 0 Å². The van der Waals surface area contributed by atoms with Crippen LogP contribution in [0, 0.1) is 5.41 Å². The van der Waals surface area contributed by atoms with Gasteiger partial charge < -0.3 is 10.1 Å². The molecule has 0 aromatic carbocycles. The van der Waals surface area contributed by atoms with E-state index in [0.29, 0.717) is 17.6 Å². The zero-order valence-electron chi connectivity index (χ0n) is 14.3. The highest BCUT2D eigenvalue weighted by Crippen LogP contribution is 2.42. The van der Waals surface area contributed by atoms with Crippen molar-refractivity contribution in [2.75, 3.05) is 13.2 Å². The highest BCUT2D eigenvalue weighted by molar-refractivity contribution is 5.02. The lowest BCUT2D eigenvalue weighted by molar-refractivity contribution is -0.113. The van der Waals surface area contributed by atoms with E-state index in [4.69, 9.17) is 4.74 Å². The van der Waals surface area contributed by atoms with Gasteiger partial charge in [-0.2, -0.15) is 0 Å². The monoisotopic (exact) mass is 283 g/mol. The molecule has 0 amide bonds. The third kappa shape index (κ3) is 5.73. The van der Waals surface area contributed by atoms with E-state index in [-0.39, 0.29) is 0 Å². The van der Waals surface area contributed by atoms with Gasteiger partial charge in [0.25, 0.3) is 0 Å². The first-order valence-electron chi connectivity index (χ1n) is 8.97. The maximum absolute atomic E-state index is 5.77. The molecule has 0 spiro atoms. The molecular weight excluding hydrogens is 246 g/mol. The molecule has 1 rings (SSSR count). The summed E-state index contributed by atoms with van der Waals surface area (Å²) in [4.78, 5) is 0. The highest BCUT2D eigenvalue weighted by atomic mass is 16.5. The quantitative estimate of drug-likeness (QED) is 0.513. The molecule has 2 unspecified atom stereocenters. The molecule has 0 saturated heterocycles. The van der Waals surface area contributed by atoms with Crippen LogP contribution in [0.25, 0.3) is 0 Å². The third-order valence-corrected chi connectivity index (χ3v) is 4.97. The van der Waals surface area contributed by atoms with Gasteiger partial charge in [-0.3, -0.25) is 0 Å². The summed E-state index contributed by atoms with van der Waals surface area (Å²) in [6.45, 7) is 11.1. The van der Waals surface area contributed by atoms with Crippen molar-refractivity contribution < 1.29 is 4.74 Å². The van der Waals surface area contributed by atoms with Gasteiger partial charge in [-0.25, -0.2) is 0 Å². The minimum absolute atomic E-state index is 0.316. The van der Waals surface area contributed by atoms with Crippen molar-refractivity contribution in [3.63, 3.8) is 0 Å². The average molecular weight is 284 g/mol. The van der Waals surface area contributed by atoms with E-state index in [0.717, 1.165) is 6.61 Å². The Labute approximate surface area is 127 Å². The number of ether oxygens (including phenoxy) is 1. The first-order chi connectivity index (χ1) is 9.62. The largest absolute Gasteiger partial charge is 0.378 e. The fourth-order valence-corrected chi connectivity index (χ4v) is 3.25. The van der Waals surface area contributed by atoms with Crippen LogP contribution in [0.3, 0.4) is 0 Å². The summed E-state index contributed by atoms with van der Waals surface area (Å²) in [5.41, 5.74) is 0.316. The fourth-order valence-electron chi connectivity index (χ4n) is 3.25. The van der Waals surface area contributed by atoms with E-state index in [1.807, 2.05) is 0 Å². The maximum Gasteiger partial charge on any atom is 0.0655 e. The number of hydrogen-bond acceptors (Lipinski definition) is 2. The first-order valence-corrected chi connectivity index (χ1v) is 8.97. The van der Waals surface area contributed by atoms with Gasteiger partial charge in [0.1, 0.15) is 0 Å². The van der Waals surface area contributed by atoms with Crippen molar-refractivity contribution in [2.45, 2.75) is 97.6 Å². The topological polar surface area (TPSA) is 21.3 Å². The summed E-state index contributed by atoms with van der Waals surface area (Å²) in [5.74, 6) is 0. The zero-order valence-corrected chi connectivity index (χ0v) is 14.3. The maximum atomic E-state index is 5.77. The number of nitrogens with one attached hydrogen (secondary N) is 1. The van der Waals surface area contributed by atoms with Crippen LogP contribution in [0.2, 0.25) is 0 Å².